The van der Waals surface area contributed by atoms with Crippen LogP contribution in [0.1, 0.15) is 18.4 Å². The highest BCUT2D eigenvalue weighted by Crippen LogP contribution is 2.23. The van der Waals surface area contributed by atoms with Gasteiger partial charge in [0.15, 0.2) is 5.11 Å². The molecule has 0 aliphatic carbocycles. The van der Waals surface area contributed by atoms with Crippen LogP contribution in [0.15, 0.2) is 48.5 Å². The Hall–Kier alpha value is -2.54. The first-order valence-corrected chi connectivity index (χ1v) is 8.50. The van der Waals surface area contributed by atoms with Gasteiger partial charge >= 0.3 is 0 Å². The highest BCUT2D eigenvalue weighted by molar-refractivity contribution is 7.80. The molecule has 0 aromatic heterocycles. The van der Waals surface area contributed by atoms with Gasteiger partial charge in [-0.3, -0.25) is 10.1 Å². The van der Waals surface area contributed by atoms with E-state index < -0.39 is 4.92 Å². The molecule has 3 rings (SSSR count). The van der Waals surface area contributed by atoms with E-state index in [-0.39, 0.29) is 17.5 Å². The van der Waals surface area contributed by atoms with Crippen molar-refractivity contribution in [3.05, 3.63) is 70.0 Å². The molecule has 0 spiro atoms. The van der Waals surface area contributed by atoms with Crippen LogP contribution in [-0.4, -0.2) is 27.5 Å². The van der Waals surface area contributed by atoms with E-state index in [1.54, 1.807) is 24.3 Å². The van der Waals surface area contributed by atoms with Gasteiger partial charge in [-0.1, -0.05) is 12.1 Å². The zero-order valence-electron chi connectivity index (χ0n) is 13.5. The molecular formula is C18H18FN3O2S. The molecular weight excluding hydrogens is 341 g/mol. The molecule has 1 atom stereocenters. The van der Waals surface area contributed by atoms with Gasteiger partial charge in [0.2, 0.25) is 0 Å². The van der Waals surface area contributed by atoms with Gasteiger partial charge < -0.3 is 10.2 Å². The van der Waals surface area contributed by atoms with Crippen LogP contribution in [0, 0.1) is 15.9 Å². The predicted octanol–water partition coefficient (Wildman–Crippen LogP) is 4.14. The van der Waals surface area contributed by atoms with Crippen molar-refractivity contribution in [3.8, 4) is 0 Å². The molecule has 0 saturated carbocycles. The second kappa shape index (κ2) is 7.57. The Morgan fingerprint density at radius 1 is 1.32 bits per heavy atom. The number of halogens is 1. The van der Waals surface area contributed by atoms with E-state index in [0.29, 0.717) is 10.8 Å². The summed E-state index contributed by atoms with van der Waals surface area (Å²) in [5, 5.41) is 14.4. The summed E-state index contributed by atoms with van der Waals surface area (Å²) >= 11 is 5.51. The van der Waals surface area contributed by atoms with Crippen LogP contribution in [0.25, 0.3) is 0 Å². The summed E-state index contributed by atoms with van der Waals surface area (Å²) in [5.41, 5.74) is 1.71. The van der Waals surface area contributed by atoms with E-state index in [2.05, 4.69) is 10.2 Å². The van der Waals surface area contributed by atoms with Crippen molar-refractivity contribution >= 4 is 28.7 Å². The van der Waals surface area contributed by atoms with Crippen LogP contribution < -0.4 is 5.32 Å². The van der Waals surface area contributed by atoms with Crippen molar-refractivity contribution < 1.29 is 9.31 Å². The van der Waals surface area contributed by atoms with Gasteiger partial charge in [0.1, 0.15) is 5.82 Å². The Kier molecular flexibility index (Phi) is 5.23. The Labute approximate surface area is 150 Å². The Morgan fingerprint density at radius 2 is 2.08 bits per heavy atom. The third-order valence-electron chi connectivity index (χ3n) is 4.33. The fourth-order valence-corrected chi connectivity index (χ4v) is 3.47. The number of benzene rings is 2. The maximum Gasteiger partial charge on any atom is 0.269 e. The van der Waals surface area contributed by atoms with Crippen LogP contribution in [0.4, 0.5) is 15.8 Å². The minimum absolute atomic E-state index is 0.0432. The van der Waals surface area contributed by atoms with Crippen molar-refractivity contribution in [2.75, 3.05) is 11.9 Å². The van der Waals surface area contributed by atoms with E-state index in [9.17, 15) is 14.5 Å². The number of nitrogens with one attached hydrogen (secondary N) is 1. The molecule has 0 bridgehead atoms. The first-order valence-electron chi connectivity index (χ1n) is 8.09. The molecule has 5 nitrogen and oxygen atoms in total. The van der Waals surface area contributed by atoms with E-state index in [1.807, 2.05) is 6.07 Å². The molecule has 1 unspecified atom stereocenters. The number of non-ortho nitro benzene ring substituents is 1. The number of nitro benzene ring substituents is 1. The molecule has 0 amide bonds. The molecule has 0 radical (unpaired) electrons. The summed E-state index contributed by atoms with van der Waals surface area (Å²) in [6, 6.07) is 13.0. The Balaban J connectivity index is 1.65. The number of hydrogen-bond donors (Lipinski definition) is 1. The van der Waals surface area contributed by atoms with Crippen molar-refractivity contribution in [2.45, 2.75) is 25.3 Å². The summed E-state index contributed by atoms with van der Waals surface area (Å²) < 4.78 is 13.4. The summed E-state index contributed by atoms with van der Waals surface area (Å²) in [7, 11) is 0. The monoisotopic (exact) mass is 359 g/mol. The van der Waals surface area contributed by atoms with Crippen LogP contribution in [0.2, 0.25) is 0 Å². The number of anilines is 1. The highest BCUT2D eigenvalue weighted by atomic mass is 32.1. The van der Waals surface area contributed by atoms with Crippen molar-refractivity contribution in [1.82, 2.24) is 4.90 Å². The molecule has 1 N–H and O–H groups in total. The van der Waals surface area contributed by atoms with Crippen LogP contribution in [0.5, 0.6) is 0 Å². The summed E-state index contributed by atoms with van der Waals surface area (Å²) in [5.74, 6) is -0.228. The zero-order chi connectivity index (χ0) is 17.8. The number of nitrogens with zero attached hydrogens (tertiary/aromatic N) is 2. The van der Waals surface area contributed by atoms with Gasteiger partial charge in [0.25, 0.3) is 5.69 Å². The van der Waals surface area contributed by atoms with Crippen LogP contribution in [-0.2, 0) is 6.42 Å². The van der Waals surface area contributed by atoms with Crippen LogP contribution >= 0.6 is 12.2 Å². The summed E-state index contributed by atoms with van der Waals surface area (Å²) in [6.45, 7) is 0.846. The minimum atomic E-state index is -0.433. The third-order valence-corrected chi connectivity index (χ3v) is 4.66. The van der Waals surface area contributed by atoms with E-state index >= 15 is 0 Å². The lowest BCUT2D eigenvalue weighted by molar-refractivity contribution is -0.384. The predicted molar refractivity (Wildman–Crippen MR) is 99.1 cm³/mol. The fourth-order valence-electron chi connectivity index (χ4n) is 3.11. The number of likely N-dealkylation sites (tertiary alicyclic amines) is 1. The number of hydrogen-bond acceptors (Lipinski definition) is 3. The molecule has 1 aliphatic heterocycles. The molecule has 2 aromatic rings. The summed E-state index contributed by atoms with van der Waals surface area (Å²) in [4.78, 5) is 12.4. The SMILES string of the molecule is O=[N+]([O-])c1ccc(NC(=S)N2CCCC2Cc2cccc(F)c2)cc1. The fraction of sp³-hybridized carbons (Fsp3) is 0.278. The van der Waals surface area contributed by atoms with Gasteiger partial charge in [0, 0.05) is 30.4 Å². The molecule has 25 heavy (non-hydrogen) atoms. The third kappa shape index (κ3) is 4.30. The number of nitro groups is 1. The van der Waals surface area contributed by atoms with Gasteiger partial charge in [-0.15, -0.1) is 0 Å². The van der Waals surface area contributed by atoms with Crippen LogP contribution in [0.3, 0.4) is 0 Å². The zero-order valence-corrected chi connectivity index (χ0v) is 14.3. The molecule has 1 fully saturated rings. The topological polar surface area (TPSA) is 58.4 Å². The minimum Gasteiger partial charge on any atom is -0.346 e. The lowest BCUT2D eigenvalue weighted by atomic mass is 10.0. The van der Waals surface area contributed by atoms with E-state index in [1.165, 1.54) is 18.2 Å². The Morgan fingerprint density at radius 3 is 2.76 bits per heavy atom. The molecule has 2 aromatic carbocycles. The second-order valence-electron chi connectivity index (χ2n) is 6.06. The van der Waals surface area contributed by atoms with Crippen molar-refractivity contribution in [1.29, 1.82) is 0 Å². The van der Waals surface area contributed by atoms with Gasteiger partial charge in [-0.05, 0) is 61.3 Å². The first-order chi connectivity index (χ1) is 12.0. The quantitative estimate of drug-likeness (QED) is 0.505. The van der Waals surface area contributed by atoms with E-state index in [0.717, 1.165) is 31.4 Å². The Bertz CT molecular complexity index is 782. The maximum absolute atomic E-state index is 13.4. The average molecular weight is 359 g/mol. The lowest BCUT2D eigenvalue weighted by Crippen LogP contribution is -2.39. The smallest absolute Gasteiger partial charge is 0.269 e. The van der Waals surface area contributed by atoms with Crippen molar-refractivity contribution in [2.24, 2.45) is 0 Å². The van der Waals surface area contributed by atoms with Crippen molar-refractivity contribution in [3.63, 3.8) is 0 Å². The van der Waals surface area contributed by atoms with Gasteiger partial charge in [-0.2, -0.15) is 0 Å². The maximum atomic E-state index is 13.4. The highest BCUT2D eigenvalue weighted by Gasteiger charge is 2.26. The van der Waals surface area contributed by atoms with Gasteiger partial charge in [0.05, 0.1) is 4.92 Å². The van der Waals surface area contributed by atoms with E-state index in [4.69, 9.17) is 12.2 Å². The molecule has 1 heterocycles. The number of thiocarbonyl (C=S) groups is 1. The number of rotatable bonds is 4. The molecule has 130 valence electrons. The molecule has 1 aliphatic rings. The summed E-state index contributed by atoms with van der Waals surface area (Å²) in [6.07, 6.45) is 2.76. The normalized spacial score (nSPS) is 16.7. The standard InChI is InChI=1S/C18H18FN3O2S/c19-14-4-1-3-13(11-14)12-17-5-2-10-21(17)18(25)20-15-6-8-16(9-7-15)22(23)24/h1,3-4,6-9,11,17H,2,5,10,12H2,(H,20,25). The first kappa shape index (κ1) is 17.3. The largest absolute Gasteiger partial charge is 0.346 e. The average Bonchev–Trinajstić information content (AvgIpc) is 3.03. The van der Waals surface area contributed by atoms with Gasteiger partial charge in [-0.25, -0.2) is 4.39 Å². The second-order valence-corrected chi connectivity index (χ2v) is 6.44. The molecule has 1 saturated heterocycles. The lowest BCUT2D eigenvalue weighted by Gasteiger charge is -2.27. The molecule has 7 heteroatoms.